The van der Waals surface area contributed by atoms with E-state index in [-0.39, 0.29) is 0 Å². The van der Waals surface area contributed by atoms with Crippen molar-refractivity contribution in [3.8, 4) is 0 Å². The number of rotatable bonds is 4. The molecule has 0 saturated carbocycles. The van der Waals surface area contributed by atoms with E-state index in [2.05, 4.69) is 0 Å². The van der Waals surface area contributed by atoms with Gasteiger partial charge in [-0.05, 0) is 26.0 Å². The van der Waals surface area contributed by atoms with Gasteiger partial charge in [-0.25, -0.2) is 0 Å². The molecule has 0 bridgehead atoms. The molecule has 0 aliphatic heterocycles. The first-order chi connectivity index (χ1) is 5.13. The highest BCUT2D eigenvalue weighted by Gasteiger charge is 1.83. The molecule has 0 spiro atoms. The maximum Gasteiger partial charge on any atom is 0.0665 e. The van der Waals surface area contributed by atoms with Gasteiger partial charge in [-0.3, -0.25) is 0 Å². The van der Waals surface area contributed by atoms with Gasteiger partial charge in [0.2, 0.25) is 0 Å². The van der Waals surface area contributed by atoms with Gasteiger partial charge >= 0.3 is 0 Å². The average Bonchev–Trinajstić information content (AvgIpc) is 1.85. The predicted molar refractivity (Wildman–Crippen MR) is 50.0 cm³/mol. The summed E-state index contributed by atoms with van der Waals surface area (Å²) in [7, 11) is 0. The fraction of sp³-hybridized carbons (Fsp3) is 0.500. The van der Waals surface area contributed by atoms with E-state index in [0.717, 1.165) is 10.1 Å². The molecule has 0 unspecified atom stereocenters. The number of hydrogen-bond donors (Lipinski definition) is 0. The zero-order valence-corrected chi connectivity index (χ0v) is 8.24. The summed E-state index contributed by atoms with van der Waals surface area (Å²) in [5, 5.41) is 1.49. The molecule has 3 heteroatoms. The Morgan fingerprint density at radius 3 is 1.73 bits per heavy atom. The van der Waals surface area contributed by atoms with Gasteiger partial charge in [0.15, 0.2) is 0 Å². The van der Waals surface area contributed by atoms with Crippen LogP contribution in [-0.4, -0.2) is 13.2 Å². The number of allylic oxidation sites excluding steroid dienone is 2. The second-order valence-corrected chi connectivity index (χ2v) is 3.31. The largest absolute Gasteiger partial charge is 0.373 e. The molecule has 0 rings (SSSR count). The highest BCUT2D eigenvalue weighted by molar-refractivity contribution is 6.29. The van der Waals surface area contributed by atoms with Gasteiger partial charge in [0.25, 0.3) is 0 Å². The minimum absolute atomic E-state index is 0.538. The molecule has 64 valence electrons. The highest BCUT2D eigenvalue weighted by Crippen LogP contribution is 1.99. The lowest BCUT2D eigenvalue weighted by Gasteiger charge is -1.95. The first kappa shape index (κ1) is 11.0. The van der Waals surface area contributed by atoms with Crippen LogP contribution in [0.2, 0.25) is 0 Å². The van der Waals surface area contributed by atoms with E-state index in [0.29, 0.717) is 13.2 Å². The summed E-state index contributed by atoms with van der Waals surface area (Å²) < 4.78 is 5.13. The van der Waals surface area contributed by atoms with Crippen molar-refractivity contribution in [3.63, 3.8) is 0 Å². The number of ether oxygens (including phenoxy) is 1. The molecule has 0 aliphatic carbocycles. The fourth-order valence-electron chi connectivity index (χ4n) is 0.416. The third-order valence-corrected chi connectivity index (χ3v) is 1.27. The van der Waals surface area contributed by atoms with Gasteiger partial charge in [-0.1, -0.05) is 23.2 Å². The quantitative estimate of drug-likeness (QED) is 0.625. The summed E-state index contributed by atoms with van der Waals surface area (Å²) in [5.41, 5.74) is 0. The first-order valence-corrected chi connectivity index (χ1v) is 4.11. The van der Waals surface area contributed by atoms with Crippen LogP contribution in [0.1, 0.15) is 13.8 Å². The Labute approximate surface area is 77.6 Å². The van der Waals surface area contributed by atoms with Crippen molar-refractivity contribution in [2.45, 2.75) is 13.8 Å². The van der Waals surface area contributed by atoms with Crippen molar-refractivity contribution in [1.29, 1.82) is 0 Å². The van der Waals surface area contributed by atoms with Crippen molar-refractivity contribution in [2.75, 3.05) is 13.2 Å². The summed E-state index contributed by atoms with van der Waals surface area (Å²) in [6, 6.07) is 0. The first-order valence-electron chi connectivity index (χ1n) is 3.35. The summed E-state index contributed by atoms with van der Waals surface area (Å²) in [5.74, 6) is 0. The zero-order valence-electron chi connectivity index (χ0n) is 6.73. The van der Waals surface area contributed by atoms with Crippen LogP contribution in [0.4, 0.5) is 0 Å². The van der Waals surface area contributed by atoms with Crippen LogP contribution in [0, 0.1) is 0 Å². The molecule has 0 saturated heterocycles. The van der Waals surface area contributed by atoms with Crippen molar-refractivity contribution < 1.29 is 4.74 Å². The monoisotopic (exact) mass is 194 g/mol. The Bertz CT molecular complexity index is 135. The molecule has 0 aromatic heterocycles. The molecule has 1 nitrogen and oxygen atoms in total. The minimum Gasteiger partial charge on any atom is -0.373 e. The lowest BCUT2D eigenvalue weighted by Crippen LogP contribution is -1.90. The molecule has 0 heterocycles. The SMILES string of the molecule is CC(Cl)=CCOCC=C(C)Cl. The summed E-state index contributed by atoms with van der Waals surface area (Å²) in [6.45, 7) is 4.70. The third kappa shape index (κ3) is 10.0. The van der Waals surface area contributed by atoms with Crippen LogP contribution in [0.25, 0.3) is 0 Å². The van der Waals surface area contributed by atoms with Crippen LogP contribution in [0.5, 0.6) is 0 Å². The normalized spacial score (nSPS) is 13.8. The Balaban J connectivity index is 3.29. The van der Waals surface area contributed by atoms with E-state index in [1.165, 1.54) is 0 Å². The summed E-state index contributed by atoms with van der Waals surface area (Å²) in [6.07, 6.45) is 3.61. The van der Waals surface area contributed by atoms with Crippen molar-refractivity contribution >= 4 is 23.2 Å². The van der Waals surface area contributed by atoms with E-state index < -0.39 is 0 Å². The van der Waals surface area contributed by atoms with Crippen LogP contribution in [0.15, 0.2) is 22.2 Å². The van der Waals surface area contributed by atoms with Crippen LogP contribution in [0.3, 0.4) is 0 Å². The molecule has 0 radical (unpaired) electrons. The smallest absolute Gasteiger partial charge is 0.0665 e. The van der Waals surface area contributed by atoms with E-state index in [4.69, 9.17) is 27.9 Å². The predicted octanol–water partition coefficient (Wildman–Crippen LogP) is 3.29. The second kappa shape index (κ2) is 6.71. The Morgan fingerprint density at radius 2 is 1.45 bits per heavy atom. The van der Waals surface area contributed by atoms with Crippen LogP contribution in [-0.2, 0) is 4.74 Å². The van der Waals surface area contributed by atoms with Crippen LogP contribution < -0.4 is 0 Å². The van der Waals surface area contributed by atoms with Crippen molar-refractivity contribution in [1.82, 2.24) is 0 Å². The molecule has 0 aliphatic rings. The molecule has 11 heavy (non-hydrogen) atoms. The standard InChI is InChI=1S/C8H12Cl2O/c1-7(9)3-5-11-6-4-8(2)10/h3-4H,5-6H2,1-2H3. The molecule has 0 atom stereocenters. The summed E-state index contributed by atoms with van der Waals surface area (Å²) >= 11 is 11.1. The zero-order chi connectivity index (χ0) is 8.69. The van der Waals surface area contributed by atoms with Gasteiger partial charge in [0, 0.05) is 10.1 Å². The molecule has 0 fully saturated rings. The molecular weight excluding hydrogens is 183 g/mol. The minimum atomic E-state index is 0.538. The van der Waals surface area contributed by atoms with Crippen LogP contribution >= 0.6 is 23.2 Å². The number of halogens is 2. The molecular formula is C8H12Cl2O. The third-order valence-electron chi connectivity index (χ3n) is 0.965. The Morgan fingerprint density at radius 1 is 1.09 bits per heavy atom. The van der Waals surface area contributed by atoms with E-state index in [1.807, 2.05) is 13.8 Å². The van der Waals surface area contributed by atoms with Gasteiger partial charge in [-0.2, -0.15) is 0 Å². The van der Waals surface area contributed by atoms with Crippen molar-refractivity contribution in [3.05, 3.63) is 22.2 Å². The van der Waals surface area contributed by atoms with E-state index >= 15 is 0 Å². The fourth-order valence-corrected chi connectivity index (χ4v) is 0.542. The average molecular weight is 195 g/mol. The molecule has 0 aromatic rings. The van der Waals surface area contributed by atoms with Gasteiger partial charge in [0.1, 0.15) is 0 Å². The number of hydrogen-bond acceptors (Lipinski definition) is 1. The lowest BCUT2D eigenvalue weighted by atomic mass is 10.5. The van der Waals surface area contributed by atoms with Crippen molar-refractivity contribution in [2.24, 2.45) is 0 Å². The second-order valence-electron chi connectivity index (χ2n) is 2.12. The maximum absolute atomic E-state index is 5.56. The Hall–Kier alpha value is 0.0200. The molecule has 0 N–H and O–H groups in total. The van der Waals surface area contributed by atoms with E-state index in [1.54, 1.807) is 12.2 Å². The summed E-state index contributed by atoms with van der Waals surface area (Å²) in [4.78, 5) is 0. The van der Waals surface area contributed by atoms with E-state index in [9.17, 15) is 0 Å². The Kier molecular flexibility index (Phi) is 6.73. The topological polar surface area (TPSA) is 9.23 Å². The maximum atomic E-state index is 5.56. The molecule has 0 aromatic carbocycles. The van der Waals surface area contributed by atoms with Gasteiger partial charge in [-0.15, -0.1) is 0 Å². The highest BCUT2D eigenvalue weighted by atomic mass is 35.5. The lowest BCUT2D eigenvalue weighted by molar-refractivity contribution is 0.193. The molecule has 0 amide bonds. The van der Waals surface area contributed by atoms with Gasteiger partial charge in [0.05, 0.1) is 13.2 Å². The van der Waals surface area contributed by atoms with Gasteiger partial charge < -0.3 is 4.74 Å².